The molecular weight excluding hydrogens is 304 g/mol. The molecule has 24 heavy (non-hydrogen) atoms. The van der Waals surface area contributed by atoms with E-state index in [4.69, 9.17) is 0 Å². The molecule has 1 unspecified atom stereocenters. The predicted molar refractivity (Wildman–Crippen MR) is 92.8 cm³/mol. The zero-order chi connectivity index (χ0) is 16.9. The molecule has 1 atom stereocenters. The fraction of sp³-hybridized carbons (Fsp3) is 0.368. The molecule has 1 saturated carbocycles. The Morgan fingerprint density at radius 1 is 1.00 bits per heavy atom. The first-order valence-corrected chi connectivity index (χ1v) is 8.37. The van der Waals surface area contributed by atoms with E-state index in [9.17, 15) is 15.2 Å². The molecule has 126 valence electrons. The van der Waals surface area contributed by atoms with Gasteiger partial charge in [-0.1, -0.05) is 42.5 Å². The van der Waals surface area contributed by atoms with Crippen LogP contribution in [-0.4, -0.2) is 22.2 Å². The Bertz CT molecular complexity index is 682. The Hall–Kier alpha value is -2.24. The van der Waals surface area contributed by atoms with Crippen LogP contribution in [-0.2, 0) is 0 Å². The van der Waals surface area contributed by atoms with Crippen molar-refractivity contribution in [3.8, 4) is 0 Å². The second-order valence-electron chi connectivity index (χ2n) is 6.37. The Morgan fingerprint density at radius 2 is 1.67 bits per heavy atom. The fourth-order valence-electron chi connectivity index (χ4n) is 3.33. The van der Waals surface area contributed by atoms with Gasteiger partial charge in [0.15, 0.2) is 0 Å². The first-order valence-electron chi connectivity index (χ1n) is 8.37. The fourth-order valence-corrected chi connectivity index (χ4v) is 3.33. The minimum atomic E-state index is -0.359. The molecule has 5 heteroatoms. The highest BCUT2D eigenvalue weighted by atomic mass is 16.6. The van der Waals surface area contributed by atoms with Gasteiger partial charge in [-0.15, -0.1) is 0 Å². The van der Waals surface area contributed by atoms with E-state index in [-0.39, 0.29) is 22.8 Å². The Kier molecular flexibility index (Phi) is 5.23. The van der Waals surface area contributed by atoms with Crippen LogP contribution in [0, 0.1) is 10.1 Å². The third kappa shape index (κ3) is 3.99. The third-order valence-electron chi connectivity index (χ3n) is 4.65. The lowest BCUT2D eigenvalue weighted by molar-refractivity contribution is -0.384. The van der Waals surface area contributed by atoms with Crippen LogP contribution < -0.4 is 5.32 Å². The zero-order valence-electron chi connectivity index (χ0n) is 13.5. The standard InChI is InChI=1S/C19H22N2O3/c22-18-11-9-16(10-12-18)20-19(14-5-2-1-3-6-14)15-7-4-8-17(13-15)21(23)24/h1-8,13,16,18-20,22H,9-12H2. The molecule has 1 fully saturated rings. The quantitative estimate of drug-likeness (QED) is 0.650. The molecule has 3 rings (SSSR count). The molecule has 0 heterocycles. The summed E-state index contributed by atoms with van der Waals surface area (Å²) in [6, 6.07) is 17.0. The van der Waals surface area contributed by atoms with Crippen molar-refractivity contribution in [3.05, 3.63) is 75.8 Å². The summed E-state index contributed by atoms with van der Waals surface area (Å²) in [6.07, 6.45) is 3.23. The van der Waals surface area contributed by atoms with Crippen LogP contribution >= 0.6 is 0 Å². The Labute approximate surface area is 141 Å². The van der Waals surface area contributed by atoms with Crippen molar-refractivity contribution in [2.45, 2.75) is 43.9 Å². The molecule has 5 nitrogen and oxygen atoms in total. The van der Waals surface area contributed by atoms with E-state index in [0.29, 0.717) is 6.04 Å². The van der Waals surface area contributed by atoms with Gasteiger partial charge >= 0.3 is 0 Å². The van der Waals surface area contributed by atoms with E-state index in [1.54, 1.807) is 12.1 Å². The number of nitro benzene ring substituents is 1. The van der Waals surface area contributed by atoms with E-state index in [1.807, 2.05) is 36.4 Å². The maximum atomic E-state index is 11.1. The van der Waals surface area contributed by atoms with Crippen molar-refractivity contribution >= 4 is 5.69 Å². The van der Waals surface area contributed by atoms with E-state index >= 15 is 0 Å². The van der Waals surface area contributed by atoms with Gasteiger partial charge in [0.1, 0.15) is 0 Å². The topological polar surface area (TPSA) is 75.4 Å². The number of benzene rings is 2. The molecule has 0 saturated heterocycles. The molecular formula is C19H22N2O3. The summed E-state index contributed by atoms with van der Waals surface area (Å²) in [5.74, 6) is 0. The third-order valence-corrected chi connectivity index (χ3v) is 4.65. The van der Waals surface area contributed by atoms with E-state index in [0.717, 1.165) is 36.8 Å². The number of rotatable bonds is 5. The van der Waals surface area contributed by atoms with E-state index in [2.05, 4.69) is 5.32 Å². The predicted octanol–water partition coefficient (Wildman–Crippen LogP) is 3.58. The molecule has 0 aliphatic heterocycles. The normalized spacial score (nSPS) is 22.0. The maximum absolute atomic E-state index is 11.1. The monoisotopic (exact) mass is 326 g/mol. The van der Waals surface area contributed by atoms with Gasteiger partial charge in [-0.3, -0.25) is 10.1 Å². The summed E-state index contributed by atoms with van der Waals surface area (Å²) >= 11 is 0. The van der Waals surface area contributed by atoms with Crippen LogP contribution in [0.2, 0.25) is 0 Å². The molecule has 0 radical (unpaired) electrons. The van der Waals surface area contributed by atoms with Gasteiger partial charge in [-0.05, 0) is 36.8 Å². The smallest absolute Gasteiger partial charge is 0.269 e. The van der Waals surface area contributed by atoms with E-state index < -0.39 is 0 Å². The van der Waals surface area contributed by atoms with Crippen molar-refractivity contribution in [1.82, 2.24) is 5.32 Å². The van der Waals surface area contributed by atoms with Gasteiger partial charge in [-0.2, -0.15) is 0 Å². The lowest BCUT2D eigenvalue weighted by Gasteiger charge is -2.31. The van der Waals surface area contributed by atoms with Crippen molar-refractivity contribution in [2.75, 3.05) is 0 Å². The summed E-state index contributed by atoms with van der Waals surface area (Å²) in [7, 11) is 0. The number of hydrogen-bond acceptors (Lipinski definition) is 4. The van der Waals surface area contributed by atoms with Gasteiger partial charge in [0.25, 0.3) is 5.69 Å². The Balaban J connectivity index is 1.88. The van der Waals surface area contributed by atoms with Gasteiger partial charge in [0.05, 0.1) is 17.1 Å². The van der Waals surface area contributed by atoms with Gasteiger partial charge in [-0.25, -0.2) is 0 Å². The summed E-state index contributed by atoms with van der Waals surface area (Å²) in [5.41, 5.74) is 2.08. The van der Waals surface area contributed by atoms with Crippen LogP contribution in [0.3, 0.4) is 0 Å². The lowest BCUT2D eigenvalue weighted by Crippen LogP contribution is -2.37. The second kappa shape index (κ2) is 7.55. The summed E-state index contributed by atoms with van der Waals surface area (Å²) in [5, 5.41) is 24.4. The van der Waals surface area contributed by atoms with Crippen molar-refractivity contribution in [2.24, 2.45) is 0 Å². The molecule has 2 aromatic carbocycles. The van der Waals surface area contributed by atoms with Crippen LogP contribution in [0.1, 0.15) is 42.9 Å². The maximum Gasteiger partial charge on any atom is 0.269 e. The van der Waals surface area contributed by atoms with Crippen LogP contribution in [0.5, 0.6) is 0 Å². The number of aliphatic hydroxyl groups is 1. The molecule has 2 N–H and O–H groups in total. The first-order chi connectivity index (χ1) is 11.6. The second-order valence-corrected chi connectivity index (χ2v) is 6.37. The first kappa shape index (κ1) is 16.6. The van der Waals surface area contributed by atoms with Crippen LogP contribution in [0.4, 0.5) is 5.69 Å². The lowest BCUT2D eigenvalue weighted by atomic mass is 9.90. The number of nitrogens with one attached hydrogen (secondary N) is 1. The van der Waals surface area contributed by atoms with Crippen molar-refractivity contribution in [1.29, 1.82) is 0 Å². The number of non-ortho nitro benzene ring substituents is 1. The molecule has 2 aromatic rings. The van der Waals surface area contributed by atoms with Gasteiger partial charge < -0.3 is 10.4 Å². The zero-order valence-corrected chi connectivity index (χ0v) is 13.5. The highest BCUT2D eigenvalue weighted by molar-refractivity contribution is 5.40. The van der Waals surface area contributed by atoms with Crippen LogP contribution in [0.25, 0.3) is 0 Å². The number of nitrogens with zero attached hydrogens (tertiary/aromatic N) is 1. The Morgan fingerprint density at radius 3 is 2.33 bits per heavy atom. The molecule has 1 aliphatic rings. The summed E-state index contributed by atoms with van der Waals surface area (Å²) < 4.78 is 0. The minimum absolute atomic E-state index is 0.0913. The average molecular weight is 326 g/mol. The minimum Gasteiger partial charge on any atom is -0.393 e. The molecule has 1 aliphatic carbocycles. The number of nitro groups is 1. The SMILES string of the molecule is O=[N+]([O-])c1cccc(C(NC2CCC(O)CC2)c2ccccc2)c1. The molecule has 0 aromatic heterocycles. The summed E-state index contributed by atoms with van der Waals surface area (Å²) in [4.78, 5) is 10.7. The van der Waals surface area contributed by atoms with Crippen molar-refractivity contribution in [3.63, 3.8) is 0 Å². The molecule has 0 bridgehead atoms. The molecule has 0 spiro atoms. The van der Waals surface area contributed by atoms with Crippen molar-refractivity contribution < 1.29 is 10.0 Å². The van der Waals surface area contributed by atoms with Crippen LogP contribution in [0.15, 0.2) is 54.6 Å². The van der Waals surface area contributed by atoms with Gasteiger partial charge in [0.2, 0.25) is 0 Å². The van der Waals surface area contributed by atoms with E-state index in [1.165, 1.54) is 6.07 Å². The largest absolute Gasteiger partial charge is 0.393 e. The number of aliphatic hydroxyl groups excluding tert-OH is 1. The summed E-state index contributed by atoms with van der Waals surface area (Å²) in [6.45, 7) is 0. The highest BCUT2D eigenvalue weighted by Crippen LogP contribution is 2.28. The number of hydrogen-bond donors (Lipinski definition) is 2. The van der Waals surface area contributed by atoms with Gasteiger partial charge in [0, 0.05) is 18.2 Å². The average Bonchev–Trinajstić information content (AvgIpc) is 2.62. The highest BCUT2D eigenvalue weighted by Gasteiger charge is 2.24. The molecule has 0 amide bonds.